The first kappa shape index (κ1) is 14.4. The molecule has 0 amide bonds. The van der Waals surface area contributed by atoms with E-state index in [2.05, 4.69) is 12.2 Å². The summed E-state index contributed by atoms with van der Waals surface area (Å²) in [6.45, 7) is 3.57. The van der Waals surface area contributed by atoms with Gasteiger partial charge in [0, 0.05) is 6.04 Å². The topological polar surface area (TPSA) is 12.0 Å². The average molecular weight is 251 g/mol. The maximum Gasteiger partial charge on any atom is 0.00980 e. The van der Waals surface area contributed by atoms with Gasteiger partial charge in [-0.25, -0.2) is 0 Å². The molecular weight excluding hydrogens is 218 g/mol. The monoisotopic (exact) mass is 251 g/mol. The molecule has 0 radical (unpaired) electrons. The molecule has 2 saturated carbocycles. The third kappa shape index (κ3) is 4.57. The number of rotatable bonds is 10. The molecule has 2 rings (SSSR count). The van der Waals surface area contributed by atoms with Gasteiger partial charge in [0.15, 0.2) is 0 Å². The molecule has 0 heterocycles. The van der Waals surface area contributed by atoms with Gasteiger partial charge in [0.05, 0.1) is 0 Å². The van der Waals surface area contributed by atoms with Crippen molar-refractivity contribution in [1.82, 2.24) is 5.32 Å². The van der Waals surface area contributed by atoms with E-state index < -0.39 is 0 Å². The summed E-state index contributed by atoms with van der Waals surface area (Å²) >= 11 is 0. The molecule has 0 saturated heterocycles. The van der Waals surface area contributed by atoms with Crippen LogP contribution in [0.2, 0.25) is 0 Å². The van der Waals surface area contributed by atoms with E-state index in [-0.39, 0.29) is 0 Å². The van der Waals surface area contributed by atoms with Gasteiger partial charge in [0.1, 0.15) is 0 Å². The summed E-state index contributed by atoms with van der Waals surface area (Å²) in [6.07, 6.45) is 17.6. The van der Waals surface area contributed by atoms with E-state index in [1.54, 1.807) is 0 Å². The van der Waals surface area contributed by atoms with Crippen LogP contribution in [0, 0.1) is 11.8 Å². The Morgan fingerprint density at radius 1 is 0.833 bits per heavy atom. The molecule has 3 atom stereocenters. The summed E-state index contributed by atoms with van der Waals surface area (Å²) in [6, 6.07) is 0.897. The predicted molar refractivity (Wildman–Crippen MR) is 79.8 cm³/mol. The van der Waals surface area contributed by atoms with Crippen molar-refractivity contribution in [3.63, 3.8) is 0 Å². The van der Waals surface area contributed by atoms with Crippen LogP contribution in [0.15, 0.2) is 0 Å². The van der Waals surface area contributed by atoms with Gasteiger partial charge in [-0.3, -0.25) is 0 Å². The van der Waals surface area contributed by atoms with Crippen LogP contribution in [0.3, 0.4) is 0 Å². The van der Waals surface area contributed by atoms with Crippen LogP contribution in [-0.4, -0.2) is 12.6 Å². The molecule has 2 aliphatic carbocycles. The fourth-order valence-corrected chi connectivity index (χ4v) is 4.04. The Balaban J connectivity index is 1.36. The molecule has 1 heteroatoms. The first-order valence-corrected chi connectivity index (χ1v) is 8.63. The van der Waals surface area contributed by atoms with Gasteiger partial charge in [0.25, 0.3) is 0 Å². The summed E-state index contributed by atoms with van der Waals surface area (Å²) < 4.78 is 0. The molecule has 0 aromatic carbocycles. The fourth-order valence-electron chi connectivity index (χ4n) is 4.04. The molecule has 0 spiro atoms. The molecule has 106 valence electrons. The molecule has 0 aromatic rings. The van der Waals surface area contributed by atoms with Crippen molar-refractivity contribution in [2.45, 2.75) is 90.0 Å². The SMILES string of the molecule is CCCCCCCCCCNC1CC2CCC1C2. The van der Waals surface area contributed by atoms with Crippen LogP contribution in [0.5, 0.6) is 0 Å². The molecular formula is C17H33N. The lowest BCUT2D eigenvalue weighted by Crippen LogP contribution is -2.34. The quantitative estimate of drug-likeness (QED) is 0.544. The smallest absolute Gasteiger partial charge is 0.00980 e. The molecule has 1 N–H and O–H groups in total. The Hall–Kier alpha value is -0.0400. The summed E-state index contributed by atoms with van der Waals surface area (Å²) in [4.78, 5) is 0. The van der Waals surface area contributed by atoms with Crippen molar-refractivity contribution >= 4 is 0 Å². The average Bonchev–Trinajstić information content (AvgIpc) is 2.99. The minimum Gasteiger partial charge on any atom is -0.314 e. The van der Waals surface area contributed by atoms with Crippen molar-refractivity contribution in [3.8, 4) is 0 Å². The molecule has 1 nitrogen and oxygen atoms in total. The normalized spacial score (nSPS) is 30.2. The van der Waals surface area contributed by atoms with Gasteiger partial charge in [0.2, 0.25) is 0 Å². The second-order valence-corrected chi connectivity index (χ2v) is 6.71. The Labute approximate surface area is 114 Å². The maximum absolute atomic E-state index is 3.82. The van der Waals surface area contributed by atoms with E-state index in [1.807, 2.05) is 0 Å². The van der Waals surface area contributed by atoms with E-state index in [9.17, 15) is 0 Å². The Kier molecular flexibility index (Phi) is 6.54. The molecule has 0 aliphatic heterocycles. The van der Waals surface area contributed by atoms with Crippen molar-refractivity contribution < 1.29 is 0 Å². The lowest BCUT2D eigenvalue weighted by Gasteiger charge is -2.22. The minimum absolute atomic E-state index is 0.897. The molecule has 2 fully saturated rings. The largest absolute Gasteiger partial charge is 0.314 e. The van der Waals surface area contributed by atoms with Gasteiger partial charge in [-0.05, 0) is 44.1 Å². The van der Waals surface area contributed by atoms with E-state index in [4.69, 9.17) is 0 Å². The molecule has 18 heavy (non-hydrogen) atoms. The van der Waals surface area contributed by atoms with E-state index in [1.165, 1.54) is 83.6 Å². The van der Waals surface area contributed by atoms with Crippen molar-refractivity contribution in [2.24, 2.45) is 11.8 Å². The van der Waals surface area contributed by atoms with Gasteiger partial charge in [-0.15, -0.1) is 0 Å². The van der Waals surface area contributed by atoms with Gasteiger partial charge >= 0.3 is 0 Å². The Bertz CT molecular complexity index is 214. The third-order valence-electron chi connectivity index (χ3n) is 5.17. The van der Waals surface area contributed by atoms with E-state index in [0.29, 0.717) is 0 Å². The standard InChI is InChI=1S/C17H33N/c1-2-3-4-5-6-7-8-9-12-18-17-14-15-10-11-16(17)13-15/h15-18H,2-14H2,1H3. The second-order valence-electron chi connectivity index (χ2n) is 6.71. The van der Waals surface area contributed by atoms with Crippen LogP contribution in [-0.2, 0) is 0 Å². The number of unbranched alkanes of at least 4 members (excludes halogenated alkanes) is 7. The molecule has 0 aromatic heterocycles. The zero-order valence-corrected chi connectivity index (χ0v) is 12.4. The number of fused-ring (bicyclic) bond motifs is 2. The highest BCUT2D eigenvalue weighted by atomic mass is 14.9. The minimum atomic E-state index is 0.897. The predicted octanol–water partition coefficient (Wildman–Crippen LogP) is 4.91. The zero-order valence-electron chi connectivity index (χ0n) is 12.4. The summed E-state index contributed by atoms with van der Waals surface area (Å²) in [5.41, 5.74) is 0. The number of hydrogen-bond donors (Lipinski definition) is 1. The maximum atomic E-state index is 3.82. The lowest BCUT2D eigenvalue weighted by atomic mass is 9.95. The second kappa shape index (κ2) is 8.19. The van der Waals surface area contributed by atoms with E-state index in [0.717, 1.165) is 17.9 Å². The molecule has 2 bridgehead atoms. The van der Waals surface area contributed by atoms with Gasteiger partial charge in [-0.2, -0.15) is 0 Å². The first-order chi connectivity index (χ1) is 8.90. The van der Waals surface area contributed by atoms with Crippen LogP contribution in [0.25, 0.3) is 0 Å². The highest BCUT2D eigenvalue weighted by Gasteiger charge is 2.38. The van der Waals surface area contributed by atoms with Crippen LogP contribution in [0.1, 0.15) is 84.0 Å². The lowest BCUT2D eigenvalue weighted by molar-refractivity contribution is 0.349. The first-order valence-electron chi connectivity index (χ1n) is 8.63. The van der Waals surface area contributed by atoms with Crippen molar-refractivity contribution in [3.05, 3.63) is 0 Å². The Morgan fingerprint density at radius 3 is 2.17 bits per heavy atom. The van der Waals surface area contributed by atoms with E-state index >= 15 is 0 Å². The summed E-state index contributed by atoms with van der Waals surface area (Å²) in [5, 5.41) is 3.82. The van der Waals surface area contributed by atoms with Crippen molar-refractivity contribution in [1.29, 1.82) is 0 Å². The number of hydrogen-bond acceptors (Lipinski definition) is 1. The van der Waals surface area contributed by atoms with Gasteiger partial charge < -0.3 is 5.32 Å². The number of nitrogens with one attached hydrogen (secondary N) is 1. The highest BCUT2D eigenvalue weighted by molar-refractivity contribution is 4.93. The van der Waals surface area contributed by atoms with Crippen molar-refractivity contribution in [2.75, 3.05) is 6.54 Å². The third-order valence-corrected chi connectivity index (χ3v) is 5.17. The summed E-state index contributed by atoms with van der Waals surface area (Å²) in [7, 11) is 0. The Morgan fingerprint density at radius 2 is 1.56 bits per heavy atom. The molecule has 3 unspecified atom stereocenters. The highest BCUT2D eigenvalue weighted by Crippen LogP contribution is 2.44. The van der Waals surface area contributed by atoms with Crippen LogP contribution >= 0.6 is 0 Å². The van der Waals surface area contributed by atoms with Gasteiger partial charge in [-0.1, -0.05) is 58.3 Å². The molecule has 2 aliphatic rings. The fraction of sp³-hybridized carbons (Fsp3) is 1.00. The van der Waals surface area contributed by atoms with Crippen LogP contribution in [0.4, 0.5) is 0 Å². The van der Waals surface area contributed by atoms with Crippen LogP contribution < -0.4 is 5.32 Å². The zero-order chi connectivity index (χ0) is 12.6. The summed E-state index contributed by atoms with van der Waals surface area (Å²) in [5.74, 6) is 2.13.